The van der Waals surface area contributed by atoms with Crippen LogP contribution in [0.5, 0.6) is 0 Å². The molecule has 1 unspecified atom stereocenters. The van der Waals surface area contributed by atoms with Gasteiger partial charge in [-0.3, -0.25) is 4.79 Å². The van der Waals surface area contributed by atoms with Crippen molar-refractivity contribution in [2.75, 3.05) is 26.3 Å². The van der Waals surface area contributed by atoms with Crippen LogP contribution in [0.2, 0.25) is 0 Å². The van der Waals surface area contributed by atoms with Crippen molar-refractivity contribution in [2.24, 2.45) is 11.7 Å². The summed E-state index contributed by atoms with van der Waals surface area (Å²) in [6, 6.07) is 0.158. The maximum absolute atomic E-state index is 11.7. The predicted octanol–water partition coefficient (Wildman–Crippen LogP) is 0.784. The molecular weight excluding hydrogens is 228 g/mol. The molecule has 94 valence electrons. The number of halogens is 1. The van der Waals surface area contributed by atoms with Gasteiger partial charge in [-0.15, -0.1) is 12.4 Å². The van der Waals surface area contributed by atoms with Crippen LogP contribution in [0.4, 0.5) is 0 Å². The second-order valence-electron chi connectivity index (χ2n) is 4.70. The summed E-state index contributed by atoms with van der Waals surface area (Å²) in [5.41, 5.74) is 5.82. The summed E-state index contributed by atoms with van der Waals surface area (Å²) in [5.74, 6) is 0.826. The molecule has 2 N–H and O–H groups in total. The molecule has 1 atom stereocenters. The fourth-order valence-corrected chi connectivity index (χ4v) is 1.93. The number of nitrogens with two attached hydrogens (primary N) is 1. The van der Waals surface area contributed by atoms with E-state index >= 15 is 0 Å². The molecule has 0 radical (unpaired) electrons. The Kier molecular flexibility index (Phi) is 5.52. The molecule has 5 heteroatoms. The fourth-order valence-electron chi connectivity index (χ4n) is 1.93. The van der Waals surface area contributed by atoms with Gasteiger partial charge in [0.25, 0.3) is 0 Å². The van der Waals surface area contributed by atoms with Crippen molar-refractivity contribution in [3.8, 4) is 0 Å². The number of piperidine rings is 1. The zero-order valence-corrected chi connectivity index (χ0v) is 10.4. The third-order valence-electron chi connectivity index (χ3n) is 3.09. The maximum Gasteiger partial charge on any atom is 0.248 e. The number of carbonyl (C=O) groups excluding carboxylic acids is 1. The fraction of sp³-hybridized carbons (Fsp3) is 0.909. The topological polar surface area (TPSA) is 55.6 Å². The van der Waals surface area contributed by atoms with Crippen molar-refractivity contribution in [3.05, 3.63) is 0 Å². The van der Waals surface area contributed by atoms with Crippen LogP contribution in [0.25, 0.3) is 0 Å². The molecule has 4 nitrogen and oxygen atoms in total. The average Bonchev–Trinajstić information content (AvgIpc) is 3.01. The molecule has 2 aliphatic rings. The van der Waals surface area contributed by atoms with Gasteiger partial charge in [0.1, 0.15) is 6.61 Å². The van der Waals surface area contributed by atoms with Gasteiger partial charge in [-0.2, -0.15) is 0 Å². The number of likely N-dealkylation sites (tertiary alicyclic amines) is 1. The zero-order chi connectivity index (χ0) is 10.7. The smallest absolute Gasteiger partial charge is 0.248 e. The molecule has 1 saturated carbocycles. The Morgan fingerprint density at radius 2 is 2.12 bits per heavy atom. The van der Waals surface area contributed by atoms with Crippen molar-refractivity contribution < 1.29 is 9.53 Å². The van der Waals surface area contributed by atoms with Crippen LogP contribution >= 0.6 is 12.4 Å². The predicted molar refractivity (Wildman–Crippen MR) is 64.6 cm³/mol. The number of ether oxygens (including phenoxy) is 1. The van der Waals surface area contributed by atoms with Gasteiger partial charge in [-0.25, -0.2) is 0 Å². The van der Waals surface area contributed by atoms with E-state index in [4.69, 9.17) is 10.5 Å². The number of amides is 1. The number of nitrogens with zero attached hydrogens (tertiary/aromatic N) is 1. The van der Waals surface area contributed by atoms with Crippen LogP contribution in [0.1, 0.15) is 25.7 Å². The van der Waals surface area contributed by atoms with Crippen LogP contribution in [0.3, 0.4) is 0 Å². The summed E-state index contributed by atoms with van der Waals surface area (Å²) in [6.45, 7) is 2.54. The molecule has 1 aliphatic heterocycles. The van der Waals surface area contributed by atoms with Crippen molar-refractivity contribution in [2.45, 2.75) is 31.7 Å². The lowest BCUT2D eigenvalue weighted by Crippen LogP contribution is -2.47. The van der Waals surface area contributed by atoms with E-state index in [1.807, 2.05) is 4.90 Å². The van der Waals surface area contributed by atoms with Gasteiger partial charge in [-0.05, 0) is 31.6 Å². The first-order chi connectivity index (χ1) is 7.25. The Hall–Kier alpha value is -0.320. The Labute approximate surface area is 103 Å². The number of hydrogen-bond donors (Lipinski definition) is 1. The summed E-state index contributed by atoms with van der Waals surface area (Å²) in [5, 5.41) is 0. The van der Waals surface area contributed by atoms with Crippen LogP contribution in [-0.4, -0.2) is 43.2 Å². The molecule has 1 amide bonds. The molecular formula is C11H21ClN2O2. The highest BCUT2D eigenvalue weighted by Crippen LogP contribution is 2.28. The molecule has 0 aromatic rings. The Bertz CT molecular complexity index is 234. The molecule has 0 spiro atoms. The maximum atomic E-state index is 11.7. The highest BCUT2D eigenvalue weighted by atomic mass is 35.5. The first-order valence-electron chi connectivity index (χ1n) is 5.87. The molecule has 2 fully saturated rings. The van der Waals surface area contributed by atoms with Gasteiger partial charge in [0.05, 0.1) is 6.61 Å². The minimum absolute atomic E-state index is 0. The first kappa shape index (κ1) is 13.7. The first-order valence-corrected chi connectivity index (χ1v) is 5.87. The summed E-state index contributed by atoms with van der Waals surface area (Å²) in [6.07, 6.45) is 4.59. The molecule has 0 aromatic heterocycles. The van der Waals surface area contributed by atoms with E-state index < -0.39 is 0 Å². The summed E-state index contributed by atoms with van der Waals surface area (Å²) < 4.78 is 5.38. The van der Waals surface area contributed by atoms with Crippen molar-refractivity contribution in [3.63, 3.8) is 0 Å². The normalized spacial score (nSPS) is 25.1. The van der Waals surface area contributed by atoms with Gasteiger partial charge < -0.3 is 15.4 Å². The number of hydrogen-bond acceptors (Lipinski definition) is 3. The van der Waals surface area contributed by atoms with Crippen molar-refractivity contribution in [1.29, 1.82) is 0 Å². The molecule has 16 heavy (non-hydrogen) atoms. The van der Waals surface area contributed by atoms with Crippen LogP contribution in [-0.2, 0) is 9.53 Å². The number of rotatable bonds is 4. The minimum atomic E-state index is 0. The summed E-state index contributed by atoms with van der Waals surface area (Å²) in [4.78, 5) is 13.5. The monoisotopic (exact) mass is 248 g/mol. The minimum Gasteiger partial charge on any atom is -0.371 e. The highest BCUT2D eigenvalue weighted by Gasteiger charge is 2.24. The van der Waals surface area contributed by atoms with Crippen molar-refractivity contribution >= 4 is 18.3 Å². The standard InChI is InChI=1S/C11H20N2O2.ClH/c12-10-2-1-5-13(6-10)11(14)8-15-7-9-3-4-9;/h9-10H,1-8,12H2;1H. The van der Waals surface area contributed by atoms with E-state index in [1.165, 1.54) is 12.8 Å². The molecule has 0 aromatic carbocycles. The Morgan fingerprint density at radius 3 is 2.75 bits per heavy atom. The molecule has 1 saturated heterocycles. The second-order valence-corrected chi connectivity index (χ2v) is 4.70. The lowest BCUT2D eigenvalue weighted by atomic mass is 10.1. The van der Waals surface area contributed by atoms with E-state index in [0.717, 1.165) is 31.9 Å². The molecule has 0 bridgehead atoms. The van der Waals surface area contributed by atoms with E-state index in [0.29, 0.717) is 6.54 Å². The summed E-state index contributed by atoms with van der Waals surface area (Å²) in [7, 11) is 0. The average molecular weight is 249 g/mol. The largest absolute Gasteiger partial charge is 0.371 e. The van der Waals surface area contributed by atoms with Crippen LogP contribution in [0, 0.1) is 5.92 Å². The molecule has 1 aliphatic carbocycles. The number of carbonyl (C=O) groups is 1. The summed E-state index contributed by atoms with van der Waals surface area (Å²) >= 11 is 0. The quantitative estimate of drug-likeness (QED) is 0.800. The van der Waals surface area contributed by atoms with Crippen LogP contribution < -0.4 is 5.73 Å². The zero-order valence-electron chi connectivity index (χ0n) is 9.56. The van der Waals surface area contributed by atoms with E-state index in [9.17, 15) is 4.79 Å². The van der Waals surface area contributed by atoms with Gasteiger partial charge in [0, 0.05) is 19.1 Å². The second kappa shape index (κ2) is 6.42. The third kappa shape index (κ3) is 4.28. The van der Waals surface area contributed by atoms with E-state index in [-0.39, 0.29) is 31.0 Å². The van der Waals surface area contributed by atoms with Gasteiger partial charge in [-0.1, -0.05) is 0 Å². The van der Waals surface area contributed by atoms with E-state index in [1.54, 1.807) is 0 Å². The van der Waals surface area contributed by atoms with E-state index in [2.05, 4.69) is 0 Å². The third-order valence-corrected chi connectivity index (χ3v) is 3.09. The van der Waals surface area contributed by atoms with Crippen molar-refractivity contribution in [1.82, 2.24) is 4.90 Å². The van der Waals surface area contributed by atoms with Gasteiger partial charge in [0.15, 0.2) is 0 Å². The Balaban J connectivity index is 0.00000128. The Morgan fingerprint density at radius 1 is 1.38 bits per heavy atom. The SMILES string of the molecule is Cl.NC1CCCN(C(=O)COCC2CC2)C1. The lowest BCUT2D eigenvalue weighted by Gasteiger charge is -2.30. The van der Waals surface area contributed by atoms with Gasteiger partial charge >= 0.3 is 0 Å². The van der Waals surface area contributed by atoms with Gasteiger partial charge in [0.2, 0.25) is 5.91 Å². The lowest BCUT2D eigenvalue weighted by molar-refractivity contribution is -0.137. The van der Waals surface area contributed by atoms with Crippen LogP contribution in [0.15, 0.2) is 0 Å². The molecule has 1 heterocycles. The highest BCUT2D eigenvalue weighted by molar-refractivity contribution is 5.85. The molecule has 2 rings (SSSR count).